The molecule has 0 N–H and O–H groups in total. The first-order chi connectivity index (χ1) is 8.44. The van der Waals surface area contributed by atoms with E-state index in [0.29, 0.717) is 11.3 Å². The number of alkyl halides is 3. The number of Topliss-reactive ketones (excluding diaryl/α,β-unsaturated/α-hetero) is 1. The molecule has 0 aromatic heterocycles. The average Bonchev–Trinajstić information content (AvgIpc) is 2.33. The first-order valence-electron chi connectivity index (χ1n) is 5.25. The summed E-state index contributed by atoms with van der Waals surface area (Å²) < 4.78 is 45.2. The van der Waals surface area contributed by atoms with Crippen molar-refractivity contribution in [1.29, 1.82) is 0 Å². The third kappa shape index (κ3) is 4.75. The Labute approximate surface area is 103 Å². The number of methoxy groups -OCH3 is 1. The molecule has 0 heterocycles. The van der Waals surface area contributed by atoms with Crippen LogP contribution in [0.25, 0.3) is 0 Å². The summed E-state index contributed by atoms with van der Waals surface area (Å²) in [6, 6.07) is 6.48. The molecule has 0 aliphatic carbocycles. The first kappa shape index (κ1) is 14.5. The van der Waals surface area contributed by atoms with Crippen LogP contribution in [0.15, 0.2) is 24.3 Å². The highest BCUT2D eigenvalue weighted by Crippen LogP contribution is 2.20. The lowest BCUT2D eigenvalue weighted by molar-refractivity contribution is -0.144. The number of benzene rings is 1. The molecule has 1 aromatic rings. The zero-order valence-electron chi connectivity index (χ0n) is 9.79. The van der Waals surface area contributed by atoms with Crippen molar-refractivity contribution in [2.75, 3.05) is 20.3 Å². The molecule has 0 atom stereocenters. The molecular formula is C12H13F3O3. The second kappa shape index (κ2) is 6.39. The number of carbonyl (C=O) groups is 1. The van der Waals surface area contributed by atoms with E-state index in [9.17, 15) is 18.0 Å². The van der Waals surface area contributed by atoms with Gasteiger partial charge in [-0.2, -0.15) is 13.2 Å². The van der Waals surface area contributed by atoms with Crippen LogP contribution in [0.3, 0.4) is 0 Å². The molecule has 1 aromatic carbocycles. The van der Waals surface area contributed by atoms with Crippen molar-refractivity contribution >= 4 is 5.78 Å². The molecule has 0 saturated heterocycles. The number of halogens is 3. The third-order valence-corrected chi connectivity index (χ3v) is 2.17. The molecular weight excluding hydrogens is 249 g/mol. The molecule has 0 bridgehead atoms. The average molecular weight is 262 g/mol. The minimum atomic E-state index is -4.27. The van der Waals surface area contributed by atoms with Gasteiger partial charge in [-0.15, -0.1) is 0 Å². The van der Waals surface area contributed by atoms with Gasteiger partial charge in [0.2, 0.25) is 0 Å². The van der Waals surface area contributed by atoms with Crippen molar-refractivity contribution in [3.8, 4) is 5.75 Å². The number of carbonyl (C=O) groups excluding carboxylic acids is 1. The predicted molar refractivity (Wildman–Crippen MR) is 58.8 cm³/mol. The predicted octanol–water partition coefficient (Wildman–Crippen LogP) is 2.85. The molecule has 0 aliphatic heterocycles. The van der Waals surface area contributed by atoms with E-state index in [1.165, 1.54) is 13.2 Å². The van der Waals surface area contributed by atoms with Crippen LogP contribution in [0, 0.1) is 0 Å². The maximum atomic E-state index is 11.8. The van der Waals surface area contributed by atoms with Gasteiger partial charge in [0.1, 0.15) is 12.4 Å². The maximum absolute atomic E-state index is 11.8. The lowest BCUT2D eigenvalue weighted by Gasteiger charge is -2.09. The van der Waals surface area contributed by atoms with Crippen LogP contribution in [-0.2, 0) is 4.74 Å². The van der Waals surface area contributed by atoms with Crippen molar-refractivity contribution < 1.29 is 27.4 Å². The largest absolute Gasteiger partial charge is 0.496 e. The molecule has 0 radical (unpaired) electrons. The summed E-state index contributed by atoms with van der Waals surface area (Å²) in [5.74, 6) is -0.0310. The van der Waals surface area contributed by atoms with Crippen LogP contribution in [0.4, 0.5) is 13.2 Å². The lowest BCUT2D eigenvalue weighted by atomic mass is 10.1. The van der Waals surface area contributed by atoms with Gasteiger partial charge in [0.15, 0.2) is 5.78 Å². The fraction of sp³-hybridized carbons (Fsp3) is 0.417. The quantitative estimate of drug-likeness (QED) is 0.584. The van der Waals surface area contributed by atoms with Gasteiger partial charge in [0.25, 0.3) is 0 Å². The van der Waals surface area contributed by atoms with Crippen LogP contribution >= 0.6 is 0 Å². The van der Waals surface area contributed by atoms with Gasteiger partial charge in [0.05, 0.1) is 25.7 Å². The molecule has 3 nitrogen and oxygen atoms in total. The monoisotopic (exact) mass is 262 g/mol. The molecule has 0 fully saturated rings. The Bertz CT molecular complexity index is 402. The zero-order chi connectivity index (χ0) is 13.6. The van der Waals surface area contributed by atoms with E-state index in [0.717, 1.165) is 0 Å². The normalized spacial score (nSPS) is 11.3. The highest BCUT2D eigenvalue weighted by atomic mass is 19.4. The molecule has 100 valence electrons. The molecule has 0 saturated carbocycles. The third-order valence-electron chi connectivity index (χ3n) is 2.17. The molecule has 6 heteroatoms. The van der Waals surface area contributed by atoms with Crippen molar-refractivity contribution in [2.24, 2.45) is 0 Å². The summed E-state index contributed by atoms with van der Waals surface area (Å²) in [6.45, 7) is -0.916. The molecule has 1 rings (SSSR count). The van der Waals surface area contributed by atoms with E-state index in [2.05, 4.69) is 0 Å². The van der Waals surface area contributed by atoms with Gasteiger partial charge in [-0.1, -0.05) is 12.1 Å². The minimum Gasteiger partial charge on any atom is -0.496 e. The number of rotatable bonds is 6. The Kier molecular flexibility index (Phi) is 5.15. The van der Waals surface area contributed by atoms with Crippen molar-refractivity contribution in [3.63, 3.8) is 0 Å². The number of para-hydroxylation sites is 1. The Morgan fingerprint density at radius 2 is 1.94 bits per heavy atom. The van der Waals surface area contributed by atoms with E-state index in [4.69, 9.17) is 9.47 Å². The summed E-state index contributed by atoms with van der Waals surface area (Å²) in [6.07, 6.45) is -5.33. The number of ether oxygens (including phenoxy) is 2. The molecule has 0 spiro atoms. The highest BCUT2D eigenvalue weighted by molar-refractivity contribution is 5.99. The van der Waals surface area contributed by atoms with E-state index < -0.39 is 31.6 Å². The van der Waals surface area contributed by atoms with Crippen LogP contribution < -0.4 is 4.74 Å². The van der Waals surface area contributed by atoms with Crippen LogP contribution in [0.1, 0.15) is 16.8 Å². The maximum Gasteiger partial charge on any atom is 0.391 e. The van der Waals surface area contributed by atoms with Crippen molar-refractivity contribution in [2.45, 2.75) is 12.6 Å². The molecule has 18 heavy (non-hydrogen) atoms. The van der Waals surface area contributed by atoms with Crippen molar-refractivity contribution in [1.82, 2.24) is 0 Å². The van der Waals surface area contributed by atoms with E-state index in [-0.39, 0.29) is 0 Å². The van der Waals surface area contributed by atoms with Crippen molar-refractivity contribution in [3.05, 3.63) is 29.8 Å². The molecule has 0 aliphatic rings. The van der Waals surface area contributed by atoms with Gasteiger partial charge in [-0.3, -0.25) is 4.79 Å². The van der Waals surface area contributed by atoms with Crippen LogP contribution in [0.5, 0.6) is 5.75 Å². The summed E-state index contributed by atoms with van der Waals surface area (Å²) in [5.41, 5.74) is 0.298. The standard InChI is InChI=1S/C12H13F3O3/c1-17-11-5-3-2-4-9(11)10(16)8-18-7-6-12(13,14)15/h2-5H,6-8H2,1H3. The number of hydrogen-bond acceptors (Lipinski definition) is 3. The Balaban J connectivity index is 2.46. The Hall–Kier alpha value is -1.56. The van der Waals surface area contributed by atoms with Crippen LogP contribution in [-0.4, -0.2) is 32.3 Å². The van der Waals surface area contributed by atoms with Gasteiger partial charge < -0.3 is 9.47 Å². The zero-order valence-corrected chi connectivity index (χ0v) is 9.79. The Morgan fingerprint density at radius 1 is 1.28 bits per heavy atom. The number of ketones is 1. The first-order valence-corrected chi connectivity index (χ1v) is 5.25. The van der Waals surface area contributed by atoms with E-state index in [1.54, 1.807) is 18.2 Å². The second-order valence-corrected chi connectivity index (χ2v) is 3.54. The second-order valence-electron chi connectivity index (χ2n) is 3.54. The lowest BCUT2D eigenvalue weighted by Crippen LogP contribution is -2.15. The van der Waals surface area contributed by atoms with Gasteiger partial charge >= 0.3 is 6.18 Å². The van der Waals surface area contributed by atoms with Crippen LogP contribution in [0.2, 0.25) is 0 Å². The summed E-state index contributed by atoms with van der Waals surface area (Å²) in [5, 5.41) is 0. The fourth-order valence-corrected chi connectivity index (χ4v) is 1.31. The minimum absolute atomic E-state index is 0.298. The summed E-state index contributed by atoms with van der Waals surface area (Å²) in [7, 11) is 1.41. The van der Waals surface area contributed by atoms with E-state index in [1.807, 2.05) is 0 Å². The highest BCUT2D eigenvalue weighted by Gasteiger charge is 2.26. The van der Waals surface area contributed by atoms with Gasteiger partial charge in [0, 0.05) is 0 Å². The Morgan fingerprint density at radius 3 is 2.56 bits per heavy atom. The van der Waals surface area contributed by atoms with Gasteiger partial charge in [-0.25, -0.2) is 0 Å². The topological polar surface area (TPSA) is 35.5 Å². The number of hydrogen-bond donors (Lipinski definition) is 0. The summed E-state index contributed by atoms with van der Waals surface area (Å²) >= 11 is 0. The molecule has 0 amide bonds. The SMILES string of the molecule is COc1ccccc1C(=O)COCCC(F)(F)F. The molecule has 0 unspecified atom stereocenters. The smallest absolute Gasteiger partial charge is 0.391 e. The summed E-state index contributed by atoms with van der Waals surface area (Å²) in [4.78, 5) is 11.7. The van der Waals surface area contributed by atoms with E-state index >= 15 is 0 Å². The fourth-order valence-electron chi connectivity index (χ4n) is 1.31. The van der Waals surface area contributed by atoms with Gasteiger partial charge in [-0.05, 0) is 12.1 Å².